The van der Waals surface area contributed by atoms with Gasteiger partial charge in [-0.3, -0.25) is 4.79 Å². The molecule has 1 atom stereocenters. The highest BCUT2D eigenvalue weighted by atomic mass is 35.5. The lowest BCUT2D eigenvalue weighted by atomic mass is 10.1. The van der Waals surface area contributed by atoms with Crippen molar-refractivity contribution in [1.29, 1.82) is 0 Å². The topological polar surface area (TPSA) is 38.3 Å². The number of ether oxygens (including phenoxy) is 1. The van der Waals surface area contributed by atoms with E-state index in [1.807, 2.05) is 0 Å². The molecule has 3 nitrogen and oxygen atoms in total. The molecule has 2 rings (SSSR count). The Morgan fingerprint density at radius 2 is 1.81 bits per heavy atom. The molecule has 0 aliphatic heterocycles. The maximum atomic E-state index is 13.1. The first-order valence-corrected chi connectivity index (χ1v) is 6.49. The zero-order valence-corrected chi connectivity index (χ0v) is 11.8. The predicted octanol–water partition coefficient (Wildman–Crippen LogP) is 3.89. The van der Waals surface area contributed by atoms with E-state index in [0.717, 1.165) is 12.1 Å². The molecule has 0 aliphatic rings. The summed E-state index contributed by atoms with van der Waals surface area (Å²) in [6, 6.07) is 9.74. The quantitative estimate of drug-likeness (QED) is 0.870. The Morgan fingerprint density at radius 1 is 1.14 bits per heavy atom. The van der Waals surface area contributed by atoms with Crippen molar-refractivity contribution in [2.45, 2.75) is 5.38 Å². The molecule has 6 heteroatoms. The first kappa shape index (κ1) is 15.3. The molecule has 2 aromatic rings. The molecule has 0 aliphatic carbocycles. The molecule has 0 saturated heterocycles. The van der Waals surface area contributed by atoms with Crippen LogP contribution >= 0.6 is 11.6 Å². The number of methoxy groups -OCH3 is 1. The molecule has 0 bridgehead atoms. The molecule has 110 valence electrons. The van der Waals surface area contributed by atoms with Crippen molar-refractivity contribution in [3.8, 4) is 5.75 Å². The summed E-state index contributed by atoms with van der Waals surface area (Å²) in [5.41, 5.74) is 0.704. The third-order valence-corrected chi connectivity index (χ3v) is 3.28. The number of rotatable bonds is 4. The molecule has 1 N–H and O–H groups in total. The van der Waals surface area contributed by atoms with Gasteiger partial charge < -0.3 is 10.1 Å². The summed E-state index contributed by atoms with van der Waals surface area (Å²) in [7, 11) is 1.53. The second-order valence-corrected chi connectivity index (χ2v) is 4.69. The minimum Gasteiger partial charge on any atom is -0.497 e. The maximum absolute atomic E-state index is 13.1. The van der Waals surface area contributed by atoms with Gasteiger partial charge in [-0.25, -0.2) is 8.78 Å². The average Bonchev–Trinajstić information content (AvgIpc) is 2.50. The second-order valence-electron chi connectivity index (χ2n) is 4.25. The fourth-order valence-electron chi connectivity index (χ4n) is 1.70. The fraction of sp³-hybridized carbons (Fsp3) is 0.133. The van der Waals surface area contributed by atoms with Gasteiger partial charge in [0, 0.05) is 11.8 Å². The highest BCUT2D eigenvalue weighted by Crippen LogP contribution is 2.25. The summed E-state index contributed by atoms with van der Waals surface area (Å²) in [6.07, 6.45) is 0. The summed E-state index contributed by atoms with van der Waals surface area (Å²) in [4.78, 5) is 12.0. The van der Waals surface area contributed by atoms with Gasteiger partial charge in [0.1, 0.15) is 11.1 Å². The molecule has 0 saturated carbocycles. The molecule has 2 aromatic carbocycles. The van der Waals surface area contributed by atoms with Crippen LogP contribution in [0.15, 0.2) is 42.5 Å². The minimum absolute atomic E-state index is 0.137. The monoisotopic (exact) mass is 311 g/mol. The average molecular weight is 312 g/mol. The van der Waals surface area contributed by atoms with Crippen LogP contribution in [0, 0.1) is 11.6 Å². The number of nitrogens with one attached hydrogen (secondary N) is 1. The summed E-state index contributed by atoms with van der Waals surface area (Å²) in [6.45, 7) is 0. The molecule has 0 radical (unpaired) electrons. The van der Waals surface area contributed by atoms with Gasteiger partial charge in [0.15, 0.2) is 11.6 Å². The summed E-state index contributed by atoms with van der Waals surface area (Å²) >= 11 is 6.05. The standard InChI is InChI=1S/C15H12ClF2NO2/c1-21-11-5-2-9(3-6-11)14(16)15(20)19-10-4-7-12(17)13(18)8-10/h2-8,14H,1H3,(H,19,20). The van der Waals surface area contributed by atoms with Crippen LogP contribution in [0.5, 0.6) is 5.75 Å². The number of benzene rings is 2. The molecular formula is C15H12ClF2NO2. The van der Waals surface area contributed by atoms with Crippen LogP contribution in [-0.4, -0.2) is 13.0 Å². The molecule has 1 amide bonds. The lowest BCUT2D eigenvalue weighted by Gasteiger charge is -2.11. The molecule has 0 aromatic heterocycles. The molecule has 21 heavy (non-hydrogen) atoms. The SMILES string of the molecule is COc1ccc(C(Cl)C(=O)Nc2ccc(F)c(F)c2)cc1. The van der Waals surface area contributed by atoms with E-state index in [1.165, 1.54) is 13.2 Å². The van der Waals surface area contributed by atoms with E-state index in [1.54, 1.807) is 24.3 Å². The van der Waals surface area contributed by atoms with E-state index < -0.39 is 22.9 Å². The van der Waals surface area contributed by atoms with Crippen LogP contribution in [0.3, 0.4) is 0 Å². The van der Waals surface area contributed by atoms with E-state index in [0.29, 0.717) is 11.3 Å². The number of carbonyl (C=O) groups is 1. The molecule has 0 spiro atoms. The normalized spacial score (nSPS) is 11.8. The van der Waals surface area contributed by atoms with Gasteiger partial charge >= 0.3 is 0 Å². The lowest BCUT2D eigenvalue weighted by Crippen LogP contribution is -2.17. The van der Waals surface area contributed by atoms with Gasteiger partial charge in [-0.2, -0.15) is 0 Å². The molecule has 0 fully saturated rings. The second kappa shape index (κ2) is 6.54. The van der Waals surface area contributed by atoms with Gasteiger partial charge in [-0.05, 0) is 29.8 Å². The van der Waals surface area contributed by atoms with Crippen LogP contribution in [0.25, 0.3) is 0 Å². The Hall–Kier alpha value is -2.14. The van der Waals surface area contributed by atoms with Gasteiger partial charge in [-0.15, -0.1) is 11.6 Å². The van der Waals surface area contributed by atoms with Crippen LogP contribution in [0.4, 0.5) is 14.5 Å². The fourth-order valence-corrected chi connectivity index (χ4v) is 1.90. The van der Waals surface area contributed by atoms with Crippen LogP contribution in [0.2, 0.25) is 0 Å². The number of alkyl halides is 1. The summed E-state index contributed by atoms with van der Waals surface area (Å²) in [5.74, 6) is -1.91. The van der Waals surface area contributed by atoms with Crippen LogP contribution < -0.4 is 10.1 Å². The van der Waals surface area contributed by atoms with Gasteiger partial charge in [0.25, 0.3) is 0 Å². The number of hydrogen-bond donors (Lipinski definition) is 1. The predicted molar refractivity (Wildman–Crippen MR) is 76.6 cm³/mol. The van der Waals surface area contributed by atoms with Crippen molar-refractivity contribution in [2.24, 2.45) is 0 Å². The first-order valence-electron chi connectivity index (χ1n) is 6.05. The number of hydrogen-bond acceptors (Lipinski definition) is 2. The smallest absolute Gasteiger partial charge is 0.246 e. The van der Waals surface area contributed by atoms with E-state index in [4.69, 9.17) is 16.3 Å². The van der Waals surface area contributed by atoms with Crippen molar-refractivity contribution in [3.05, 3.63) is 59.7 Å². The van der Waals surface area contributed by atoms with E-state index in [-0.39, 0.29) is 5.69 Å². The maximum Gasteiger partial charge on any atom is 0.246 e. The first-order chi connectivity index (χ1) is 10.0. The minimum atomic E-state index is -1.04. The van der Waals surface area contributed by atoms with Crippen molar-refractivity contribution < 1.29 is 18.3 Å². The number of halogens is 3. The number of amides is 1. The van der Waals surface area contributed by atoms with Gasteiger partial charge in [-0.1, -0.05) is 12.1 Å². The Bertz CT molecular complexity index is 647. The van der Waals surface area contributed by atoms with Gasteiger partial charge in [0.05, 0.1) is 7.11 Å². The Labute approximate surface area is 125 Å². The Morgan fingerprint density at radius 3 is 2.38 bits per heavy atom. The molecular weight excluding hydrogens is 300 g/mol. The van der Waals surface area contributed by atoms with E-state index in [2.05, 4.69) is 5.32 Å². The third kappa shape index (κ3) is 3.70. The van der Waals surface area contributed by atoms with Crippen molar-refractivity contribution in [1.82, 2.24) is 0 Å². The number of anilines is 1. The highest BCUT2D eigenvalue weighted by Gasteiger charge is 2.18. The van der Waals surface area contributed by atoms with Crippen molar-refractivity contribution >= 4 is 23.2 Å². The largest absolute Gasteiger partial charge is 0.497 e. The van der Waals surface area contributed by atoms with Crippen LogP contribution in [0.1, 0.15) is 10.9 Å². The van der Waals surface area contributed by atoms with Gasteiger partial charge in [0.2, 0.25) is 5.91 Å². The van der Waals surface area contributed by atoms with Crippen molar-refractivity contribution in [3.63, 3.8) is 0 Å². The zero-order chi connectivity index (χ0) is 15.4. The highest BCUT2D eigenvalue weighted by molar-refractivity contribution is 6.32. The Kier molecular flexibility index (Phi) is 4.75. The van der Waals surface area contributed by atoms with Crippen molar-refractivity contribution in [2.75, 3.05) is 12.4 Å². The number of carbonyl (C=O) groups excluding carboxylic acids is 1. The van der Waals surface area contributed by atoms with E-state index >= 15 is 0 Å². The van der Waals surface area contributed by atoms with E-state index in [9.17, 15) is 13.6 Å². The summed E-state index contributed by atoms with van der Waals surface area (Å²) < 4.78 is 30.9. The Balaban J connectivity index is 2.09. The zero-order valence-electron chi connectivity index (χ0n) is 11.1. The molecule has 0 heterocycles. The lowest BCUT2D eigenvalue weighted by molar-refractivity contribution is -0.116. The molecule has 1 unspecified atom stereocenters. The van der Waals surface area contributed by atoms with Crippen LogP contribution in [-0.2, 0) is 4.79 Å². The summed E-state index contributed by atoms with van der Waals surface area (Å²) in [5, 5.41) is 1.47. The third-order valence-electron chi connectivity index (χ3n) is 2.83.